The Morgan fingerprint density at radius 1 is 1.30 bits per heavy atom. The third-order valence-corrected chi connectivity index (χ3v) is 4.59. The molecule has 0 aromatic carbocycles. The molecule has 1 saturated heterocycles. The molecule has 2 heterocycles. The monoisotopic (exact) mass is 319 g/mol. The molecule has 5 heteroatoms. The lowest BCUT2D eigenvalue weighted by Crippen LogP contribution is -2.45. The van der Waals surface area contributed by atoms with E-state index in [2.05, 4.69) is 9.88 Å². The maximum absolute atomic E-state index is 12.7. The highest BCUT2D eigenvalue weighted by Gasteiger charge is 2.23. The summed E-state index contributed by atoms with van der Waals surface area (Å²) in [5.41, 5.74) is 0.933. The summed E-state index contributed by atoms with van der Waals surface area (Å²) < 4.78 is 0. The summed E-state index contributed by atoms with van der Waals surface area (Å²) in [5, 5.41) is 9.66. The predicted octanol–water partition coefficient (Wildman–Crippen LogP) is 2.06. The highest BCUT2D eigenvalue weighted by atomic mass is 16.3. The van der Waals surface area contributed by atoms with Crippen molar-refractivity contribution in [3.05, 3.63) is 30.1 Å². The molecule has 1 aliphatic rings. The number of hydrogen-bond acceptors (Lipinski definition) is 4. The smallest absolute Gasteiger partial charge is 0.236 e. The molecule has 0 bridgehead atoms. The van der Waals surface area contributed by atoms with Crippen LogP contribution in [0, 0.1) is 0 Å². The molecular weight excluding hydrogens is 290 g/mol. The van der Waals surface area contributed by atoms with Crippen LogP contribution in [0.1, 0.15) is 44.7 Å². The summed E-state index contributed by atoms with van der Waals surface area (Å²) >= 11 is 0. The van der Waals surface area contributed by atoms with E-state index >= 15 is 0 Å². The van der Waals surface area contributed by atoms with Gasteiger partial charge < -0.3 is 10.0 Å². The van der Waals surface area contributed by atoms with Crippen LogP contribution in [0.15, 0.2) is 24.4 Å². The van der Waals surface area contributed by atoms with E-state index < -0.39 is 0 Å². The number of carbonyl (C=O) groups excluding carboxylic acids is 1. The molecule has 5 nitrogen and oxygen atoms in total. The Labute approximate surface area is 139 Å². The number of likely N-dealkylation sites (tertiary alicyclic amines) is 1. The SMILES string of the molecule is CC[C@@H](CO)N(CC(=O)N1CCCCCC1)Cc1ccccn1. The van der Waals surface area contributed by atoms with E-state index in [1.54, 1.807) is 6.20 Å². The van der Waals surface area contributed by atoms with E-state index in [0.717, 1.165) is 38.0 Å². The zero-order valence-corrected chi connectivity index (χ0v) is 14.2. The van der Waals surface area contributed by atoms with Gasteiger partial charge in [0.25, 0.3) is 0 Å². The number of aliphatic hydroxyl groups is 1. The average molecular weight is 319 g/mol. The van der Waals surface area contributed by atoms with E-state index in [1.807, 2.05) is 30.0 Å². The molecule has 0 spiro atoms. The normalized spacial score (nSPS) is 17.1. The molecule has 0 radical (unpaired) electrons. The van der Waals surface area contributed by atoms with Crippen molar-refractivity contribution >= 4 is 5.91 Å². The Kier molecular flexibility index (Phi) is 7.49. The first-order valence-corrected chi connectivity index (χ1v) is 8.77. The number of pyridine rings is 1. The lowest BCUT2D eigenvalue weighted by molar-refractivity contribution is -0.133. The lowest BCUT2D eigenvalue weighted by atomic mass is 10.2. The lowest BCUT2D eigenvalue weighted by Gasteiger charge is -2.31. The van der Waals surface area contributed by atoms with Crippen LogP contribution in [-0.2, 0) is 11.3 Å². The van der Waals surface area contributed by atoms with Crippen LogP contribution < -0.4 is 0 Å². The van der Waals surface area contributed by atoms with Crippen LogP contribution in [-0.4, -0.2) is 58.1 Å². The molecule has 128 valence electrons. The van der Waals surface area contributed by atoms with Crippen LogP contribution in [0.5, 0.6) is 0 Å². The molecule has 0 saturated carbocycles. The molecule has 23 heavy (non-hydrogen) atoms. The molecule has 2 rings (SSSR count). The molecule has 1 aliphatic heterocycles. The Balaban J connectivity index is 2.02. The number of amides is 1. The van der Waals surface area contributed by atoms with Gasteiger partial charge in [0.2, 0.25) is 5.91 Å². The van der Waals surface area contributed by atoms with Crippen LogP contribution in [0.25, 0.3) is 0 Å². The summed E-state index contributed by atoms with van der Waals surface area (Å²) in [7, 11) is 0. The van der Waals surface area contributed by atoms with Crippen molar-refractivity contribution in [2.45, 2.75) is 51.6 Å². The first-order valence-electron chi connectivity index (χ1n) is 8.77. The Bertz CT molecular complexity index is 455. The van der Waals surface area contributed by atoms with Crippen molar-refractivity contribution in [2.24, 2.45) is 0 Å². The maximum Gasteiger partial charge on any atom is 0.236 e. The fraction of sp³-hybridized carbons (Fsp3) is 0.667. The van der Waals surface area contributed by atoms with Gasteiger partial charge in [-0.25, -0.2) is 0 Å². The molecule has 1 aromatic rings. The van der Waals surface area contributed by atoms with Gasteiger partial charge in [0.05, 0.1) is 18.8 Å². The minimum absolute atomic E-state index is 0.00654. The van der Waals surface area contributed by atoms with E-state index in [0.29, 0.717) is 13.1 Å². The van der Waals surface area contributed by atoms with Gasteiger partial charge in [-0.2, -0.15) is 0 Å². The van der Waals surface area contributed by atoms with Crippen molar-refractivity contribution in [3.63, 3.8) is 0 Å². The van der Waals surface area contributed by atoms with Gasteiger partial charge in [-0.15, -0.1) is 0 Å². The van der Waals surface area contributed by atoms with Gasteiger partial charge in [-0.3, -0.25) is 14.7 Å². The number of hydrogen-bond donors (Lipinski definition) is 1. The van der Waals surface area contributed by atoms with Crippen LogP contribution in [0.3, 0.4) is 0 Å². The summed E-state index contributed by atoms with van der Waals surface area (Å²) in [6.45, 7) is 4.80. The Morgan fingerprint density at radius 2 is 2.04 bits per heavy atom. The summed E-state index contributed by atoms with van der Waals surface area (Å²) in [5.74, 6) is 0.176. The molecule has 1 N–H and O–H groups in total. The first-order chi connectivity index (χ1) is 11.2. The highest BCUT2D eigenvalue weighted by molar-refractivity contribution is 5.78. The minimum atomic E-state index is -0.00654. The molecule has 1 aromatic heterocycles. The summed E-state index contributed by atoms with van der Waals surface area (Å²) in [6, 6.07) is 5.80. The fourth-order valence-corrected chi connectivity index (χ4v) is 3.11. The summed E-state index contributed by atoms with van der Waals surface area (Å²) in [6.07, 6.45) is 7.22. The zero-order valence-electron chi connectivity index (χ0n) is 14.2. The molecule has 1 amide bonds. The van der Waals surface area contributed by atoms with Crippen molar-refractivity contribution in [1.82, 2.24) is 14.8 Å². The second-order valence-corrected chi connectivity index (χ2v) is 6.27. The largest absolute Gasteiger partial charge is 0.395 e. The van der Waals surface area contributed by atoms with Gasteiger partial charge in [0.1, 0.15) is 0 Å². The van der Waals surface area contributed by atoms with Gasteiger partial charge in [0, 0.05) is 31.9 Å². The van der Waals surface area contributed by atoms with Crippen molar-refractivity contribution < 1.29 is 9.90 Å². The van der Waals surface area contributed by atoms with Crippen LogP contribution >= 0.6 is 0 Å². The van der Waals surface area contributed by atoms with Crippen molar-refractivity contribution in [3.8, 4) is 0 Å². The van der Waals surface area contributed by atoms with Crippen LogP contribution in [0.2, 0.25) is 0 Å². The topological polar surface area (TPSA) is 56.7 Å². The zero-order chi connectivity index (χ0) is 16.5. The molecule has 0 unspecified atom stereocenters. The predicted molar refractivity (Wildman–Crippen MR) is 90.9 cm³/mol. The highest BCUT2D eigenvalue weighted by Crippen LogP contribution is 2.13. The fourth-order valence-electron chi connectivity index (χ4n) is 3.11. The second-order valence-electron chi connectivity index (χ2n) is 6.27. The van der Waals surface area contributed by atoms with Crippen molar-refractivity contribution in [1.29, 1.82) is 0 Å². The quantitative estimate of drug-likeness (QED) is 0.836. The number of rotatable bonds is 7. The third kappa shape index (κ3) is 5.59. The van der Waals surface area contributed by atoms with E-state index in [4.69, 9.17) is 0 Å². The van der Waals surface area contributed by atoms with E-state index in [1.165, 1.54) is 12.8 Å². The van der Waals surface area contributed by atoms with Gasteiger partial charge in [-0.1, -0.05) is 25.8 Å². The number of aliphatic hydroxyl groups excluding tert-OH is 1. The maximum atomic E-state index is 12.7. The molecular formula is C18H29N3O2. The standard InChI is InChI=1S/C18H29N3O2/c1-2-17(15-22)21(13-16-9-5-6-10-19-16)14-18(23)20-11-7-3-4-8-12-20/h5-6,9-10,17,22H,2-4,7-8,11-15H2,1H3/t17-/m0/s1. The van der Waals surface area contributed by atoms with Gasteiger partial charge in [0.15, 0.2) is 0 Å². The minimum Gasteiger partial charge on any atom is -0.395 e. The van der Waals surface area contributed by atoms with E-state index in [-0.39, 0.29) is 18.6 Å². The first kappa shape index (κ1) is 17.9. The van der Waals surface area contributed by atoms with Crippen LogP contribution in [0.4, 0.5) is 0 Å². The summed E-state index contributed by atoms with van der Waals surface area (Å²) in [4.78, 5) is 21.1. The number of aromatic nitrogens is 1. The molecule has 1 atom stereocenters. The molecule has 0 aliphatic carbocycles. The Hall–Kier alpha value is -1.46. The Morgan fingerprint density at radius 3 is 2.61 bits per heavy atom. The third-order valence-electron chi connectivity index (χ3n) is 4.59. The number of carbonyl (C=O) groups is 1. The molecule has 1 fully saturated rings. The van der Waals surface area contributed by atoms with Crippen molar-refractivity contribution in [2.75, 3.05) is 26.2 Å². The number of nitrogens with zero attached hydrogens (tertiary/aromatic N) is 3. The average Bonchev–Trinajstić information content (AvgIpc) is 2.86. The van der Waals surface area contributed by atoms with Gasteiger partial charge in [-0.05, 0) is 31.4 Å². The van der Waals surface area contributed by atoms with Gasteiger partial charge >= 0.3 is 0 Å². The van der Waals surface area contributed by atoms with E-state index in [9.17, 15) is 9.90 Å². The second kappa shape index (κ2) is 9.63.